The van der Waals surface area contributed by atoms with Gasteiger partial charge in [0.1, 0.15) is 17.7 Å². The Kier molecular flexibility index (Phi) is 4.62. The van der Waals surface area contributed by atoms with E-state index in [1.807, 2.05) is 22.6 Å². The number of carbonyl (C=O) groups excluding carboxylic acids is 1. The van der Waals surface area contributed by atoms with Crippen LogP contribution in [0, 0.1) is 9.39 Å². The Bertz CT molecular complexity index is 496. The number of rotatable bonds is 4. The number of hydrogen-bond donors (Lipinski definition) is 1. The largest absolute Gasteiger partial charge is 0.503 e. The zero-order chi connectivity index (χ0) is 13.0. The van der Waals surface area contributed by atoms with Crippen molar-refractivity contribution in [2.75, 3.05) is 7.11 Å². The highest BCUT2D eigenvalue weighted by Gasteiger charge is 2.22. The number of ether oxygens (including phenoxy) is 1. The number of carbonyl (C=O) groups is 2. The number of hydrogen-bond acceptors (Lipinski definition) is 3. The van der Waals surface area contributed by atoms with Gasteiger partial charge in [0, 0.05) is 3.57 Å². The number of methoxy groups -OCH3 is 1. The predicted molar refractivity (Wildman–Crippen MR) is 66.2 cm³/mol. The summed E-state index contributed by atoms with van der Waals surface area (Å²) in [4.78, 5) is 22.6. The number of aliphatic carboxylic acids is 1. The van der Waals surface area contributed by atoms with E-state index in [2.05, 4.69) is 4.74 Å². The van der Waals surface area contributed by atoms with Crippen molar-refractivity contribution in [1.82, 2.24) is 0 Å². The molecule has 0 saturated heterocycles. The molecular weight excluding hydrogens is 342 g/mol. The molecule has 0 aromatic heterocycles. The minimum Gasteiger partial charge on any atom is -0.503 e. The molecule has 1 N–H and O–H groups in total. The van der Waals surface area contributed by atoms with Crippen LogP contribution in [0.1, 0.15) is 10.4 Å². The highest BCUT2D eigenvalue weighted by Crippen LogP contribution is 2.16. The Morgan fingerprint density at radius 2 is 2.12 bits per heavy atom. The van der Waals surface area contributed by atoms with E-state index >= 15 is 0 Å². The second-order valence-corrected chi connectivity index (χ2v) is 4.27. The van der Waals surface area contributed by atoms with Gasteiger partial charge in [-0.2, -0.15) is 0 Å². The van der Waals surface area contributed by atoms with Gasteiger partial charge in [-0.3, -0.25) is 4.79 Å². The third-order valence-electron chi connectivity index (χ3n) is 1.88. The first kappa shape index (κ1) is 13.6. The summed E-state index contributed by atoms with van der Waals surface area (Å²) >= 11 is 1.90. The average Bonchev–Trinajstić information content (AvgIpc) is 2.28. The molecule has 0 radical (unpaired) electrons. The molecule has 0 saturated carbocycles. The molecule has 6 heteroatoms. The molecule has 0 unspecified atom stereocenters. The number of carboxylic acid groups (broad SMARTS) is 1. The van der Waals surface area contributed by atoms with E-state index in [1.54, 1.807) is 0 Å². The predicted octanol–water partition coefficient (Wildman–Crippen LogP) is 2.23. The lowest BCUT2D eigenvalue weighted by molar-refractivity contribution is -0.132. The van der Waals surface area contributed by atoms with E-state index in [0.29, 0.717) is 3.57 Å². The molecule has 0 atom stereocenters. The Morgan fingerprint density at radius 1 is 1.47 bits per heavy atom. The molecule has 0 amide bonds. The highest BCUT2D eigenvalue weighted by atomic mass is 127. The second kappa shape index (κ2) is 5.76. The second-order valence-electron chi connectivity index (χ2n) is 3.03. The molecule has 90 valence electrons. The van der Waals surface area contributed by atoms with E-state index in [0.717, 1.165) is 12.3 Å². The molecule has 0 heterocycles. The van der Waals surface area contributed by atoms with Gasteiger partial charge in [0.05, 0.1) is 12.7 Å². The lowest BCUT2D eigenvalue weighted by Crippen LogP contribution is -2.14. The topological polar surface area (TPSA) is 63.6 Å². The van der Waals surface area contributed by atoms with Crippen LogP contribution >= 0.6 is 22.6 Å². The lowest BCUT2D eigenvalue weighted by atomic mass is 10.0. The molecule has 1 aromatic rings. The molecule has 1 rings (SSSR count). The Morgan fingerprint density at radius 3 is 2.65 bits per heavy atom. The normalized spacial score (nSPS) is 11.1. The maximum atomic E-state index is 13.4. The van der Waals surface area contributed by atoms with E-state index < -0.39 is 23.1 Å². The molecule has 4 nitrogen and oxygen atoms in total. The fourth-order valence-electron chi connectivity index (χ4n) is 1.14. The molecule has 0 aliphatic heterocycles. The van der Waals surface area contributed by atoms with Crippen LogP contribution in [0.5, 0.6) is 0 Å². The Hall–Kier alpha value is -1.44. The van der Waals surface area contributed by atoms with Gasteiger partial charge in [-0.05, 0) is 40.8 Å². The van der Waals surface area contributed by atoms with Crippen molar-refractivity contribution in [2.45, 2.75) is 0 Å². The van der Waals surface area contributed by atoms with Crippen molar-refractivity contribution in [3.8, 4) is 0 Å². The van der Waals surface area contributed by atoms with Crippen LogP contribution in [0.4, 0.5) is 4.39 Å². The first-order chi connectivity index (χ1) is 7.97. The third kappa shape index (κ3) is 3.26. The number of carboxylic acids is 1. The fraction of sp³-hybridized carbons (Fsp3) is 0.0909. The molecule has 17 heavy (non-hydrogen) atoms. The molecule has 0 fully saturated rings. The average molecular weight is 350 g/mol. The van der Waals surface area contributed by atoms with Crippen LogP contribution in [-0.2, 0) is 9.53 Å². The molecule has 0 aliphatic rings. The maximum absolute atomic E-state index is 13.4. The van der Waals surface area contributed by atoms with E-state index in [-0.39, 0.29) is 5.56 Å². The standard InChI is InChI=1S/C11H8FIO4/c1-17-5-8(11(15)16)10(14)7-4-6(13)2-3-9(7)12/h2-5H,1H3,(H,15,16). The van der Waals surface area contributed by atoms with Gasteiger partial charge in [-0.15, -0.1) is 0 Å². The quantitative estimate of drug-likeness (QED) is 0.226. The van der Waals surface area contributed by atoms with E-state index in [9.17, 15) is 14.0 Å². The first-order valence-corrected chi connectivity index (χ1v) is 5.51. The van der Waals surface area contributed by atoms with Crippen molar-refractivity contribution >= 4 is 34.3 Å². The monoisotopic (exact) mass is 350 g/mol. The van der Waals surface area contributed by atoms with E-state index in [4.69, 9.17) is 5.11 Å². The summed E-state index contributed by atoms with van der Waals surface area (Å²) in [7, 11) is 1.21. The number of ketones is 1. The van der Waals surface area contributed by atoms with Gasteiger partial charge in [0.2, 0.25) is 5.78 Å². The molecule has 0 aliphatic carbocycles. The summed E-state index contributed by atoms with van der Waals surface area (Å²) in [5, 5.41) is 8.80. The lowest BCUT2D eigenvalue weighted by Gasteiger charge is -2.04. The minimum atomic E-state index is -1.46. The van der Waals surface area contributed by atoms with Crippen molar-refractivity contribution in [3.63, 3.8) is 0 Å². The molecule has 0 bridgehead atoms. The number of Topliss-reactive ketones (excluding diaryl/α,β-unsaturated/α-hetero) is 1. The van der Waals surface area contributed by atoms with Gasteiger partial charge in [-0.1, -0.05) is 0 Å². The number of halogens is 2. The molecule has 0 spiro atoms. The molecular formula is C11H8FIO4. The van der Waals surface area contributed by atoms with Crippen molar-refractivity contribution in [1.29, 1.82) is 0 Å². The minimum absolute atomic E-state index is 0.289. The summed E-state index contributed by atoms with van der Waals surface area (Å²) in [6, 6.07) is 3.87. The Labute approximate surface area is 110 Å². The highest BCUT2D eigenvalue weighted by molar-refractivity contribution is 14.1. The van der Waals surface area contributed by atoms with Gasteiger partial charge < -0.3 is 9.84 Å². The van der Waals surface area contributed by atoms with Crippen molar-refractivity contribution in [3.05, 3.63) is 45.0 Å². The summed E-state index contributed by atoms with van der Waals surface area (Å²) in [5.74, 6) is -3.15. The first-order valence-electron chi connectivity index (χ1n) is 4.43. The zero-order valence-corrected chi connectivity index (χ0v) is 10.9. The van der Waals surface area contributed by atoms with Crippen LogP contribution in [0.15, 0.2) is 30.0 Å². The summed E-state index contributed by atoms with van der Waals surface area (Å²) in [5.41, 5.74) is -0.906. The van der Waals surface area contributed by atoms with Gasteiger partial charge in [-0.25, -0.2) is 9.18 Å². The van der Waals surface area contributed by atoms with Crippen LogP contribution in [0.2, 0.25) is 0 Å². The van der Waals surface area contributed by atoms with Crippen LogP contribution < -0.4 is 0 Å². The van der Waals surface area contributed by atoms with Gasteiger partial charge in [0.25, 0.3) is 0 Å². The van der Waals surface area contributed by atoms with Crippen molar-refractivity contribution in [2.24, 2.45) is 0 Å². The van der Waals surface area contributed by atoms with Crippen LogP contribution in [-0.4, -0.2) is 24.0 Å². The zero-order valence-electron chi connectivity index (χ0n) is 8.74. The van der Waals surface area contributed by atoms with Crippen LogP contribution in [0.25, 0.3) is 0 Å². The summed E-state index contributed by atoms with van der Waals surface area (Å²) in [6.45, 7) is 0. The smallest absolute Gasteiger partial charge is 0.342 e. The van der Waals surface area contributed by atoms with Crippen molar-refractivity contribution < 1.29 is 23.8 Å². The van der Waals surface area contributed by atoms with Gasteiger partial charge >= 0.3 is 5.97 Å². The number of benzene rings is 1. The SMILES string of the molecule is COC=C(C(=O)O)C(=O)c1cc(I)ccc1F. The fourth-order valence-corrected chi connectivity index (χ4v) is 1.63. The maximum Gasteiger partial charge on any atom is 0.342 e. The Balaban J connectivity index is 3.23. The van der Waals surface area contributed by atoms with Gasteiger partial charge in [0.15, 0.2) is 0 Å². The van der Waals surface area contributed by atoms with Crippen LogP contribution in [0.3, 0.4) is 0 Å². The van der Waals surface area contributed by atoms with E-state index in [1.165, 1.54) is 19.2 Å². The molecule has 1 aromatic carbocycles. The summed E-state index contributed by atoms with van der Waals surface area (Å²) in [6.07, 6.45) is 0.782. The summed E-state index contributed by atoms with van der Waals surface area (Å²) < 4.78 is 18.5. The third-order valence-corrected chi connectivity index (χ3v) is 2.55.